The molecule has 2 rings (SSSR count). The van der Waals surface area contributed by atoms with Crippen LogP contribution < -0.4 is 0 Å². The molecule has 1 aliphatic carbocycles. The molecule has 0 aromatic rings. The van der Waals surface area contributed by atoms with Crippen molar-refractivity contribution in [2.75, 3.05) is 26.3 Å². The molecule has 0 amide bonds. The molecule has 0 aromatic carbocycles. The zero-order chi connectivity index (χ0) is 7.68. The molecule has 1 aliphatic heterocycles. The van der Waals surface area contributed by atoms with Gasteiger partial charge in [-0.1, -0.05) is 0 Å². The highest BCUT2D eigenvalue weighted by Crippen LogP contribution is 2.27. The van der Waals surface area contributed by atoms with Gasteiger partial charge in [-0.15, -0.1) is 0 Å². The Morgan fingerprint density at radius 3 is 2.91 bits per heavy atom. The maximum atomic E-state index is 8.86. The van der Waals surface area contributed by atoms with Crippen LogP contribution in [0.3, 0.4) is 0 Å². The summed E-state index contributed by atoms with van der Waals surface area (Å²) in [4.78, 5) is 2.43. The van der Waals surface area contributed by atoms with E-state index in [1.54, 1.807) is 0 Å². The van der Waals surface area contributed by atoms with E-state index in [0.717, 1.165) is 25.7 Å². The molecule has 3 nitrogen and oxygen atoms in total. The Morgan fingerprint density at radius 1 is 1.45 bits per heavy atom. The number of hydrogen-bond donors (Lipinski definition) is 1. The minimum absolute atomic E-state index is 0.0735. The summed E-state index contributed by atoms with van der Waals surface area (Å²) in [5, 5.41) is 8.86. The molecule has 3 heteroatoms. The highest BCUT2D eigenvalue weighted by atomic mass is 16.5. The molecule has 1 N–H and O–H groups in total. The fourth-order valence-corrected chi connectivity index (χ4v) is 1.62. The van der Waals surface area contributed by atoms with Gasteiger partial charge in [0.05, 0.1) is 19.3 Å². The monoisotopic (exact) mass is 157 g/mol. The first-order valence-electron chi connectivity index (χ1n) is 4.36. The van der Waals surface area contributed by atoms with Gasteiger partial charge in [0.1, 0.15) is 0 Å². The number of aliphatic hydroxyl groups excluding tert-OH is 1. The standard InChI is InChI=1S/C8H15NO2/c10-6-8-5-9(3-4-11-8)7-1-2-7/h7-8,10H,1-6H2/t8-/m1/s1. The van der Waals surface area contributed by atoms with Crippen LogP contribution in [0.5, 0.6) is 0 Å². The van der Waals surface area contributed by atoms with Crippen molar-refractivity contribution in [2.24, 2.45) is 0 Å². The second kappa shape index (κ2) is 3.09. The van der Waals surface area contributed by atoms with Gasteiger partial charge in [0.15, 0.2) is 0 Å². The Balaban J connectivity index is 1.82. The number of hydrogen-bond acceptors (Lipinski definition) is 3. The fourth-order valence-electron chi connectivity index (χ4n) is 1.62. The molecule has 2 fully saturated rings. The van der Waals surface area contributed by atoms with Gasteiger partial charge in [-0.25, -0.2) is 0 Å². The van der Waals surface area contributed by atoms with E-state index in [2.05, 4.69) is 4.90 Å². The lowest BCUT2D eigenvalue weighted by atomic mass is 10.3. The van der Waals surface area contributed by atoms with Crippen molar-refractivity contribution in [1.82, 2.24) is 4.90 Å². The first-order chi connectivity index (χ1) is 5.40. The summed E-state index contributed by atoms with van der Waals surface area (Å²) < 4.78 is 5.34. The minimum atomic E-state index is 0.0735. The van der Waals surface area contributed by atoms with Gasteiger partial charge in [-0.05, 0) is 12.8 Å². The molecular weight excluding hydrogens is 142 g/mol. The summed E-state index contributed by atoms with van der Waals surface area (Å²) in [7, 11) is 0. The summed E-state index contributed by atoms with van der Waals surface area (Å²) in [6, 6.07) is 0.813. The van der Waals surface area contributed by atoms with Crippen molar-refractivity contribution in [2.45, 2.75) is 25.0 Å². The van der Waals surface area contributed by atoms with Crippen molar-refractivity contribution in [1.29, 1.82) is 0 Å². The summed E-state index contributed by atoms with van der Waals surface area (Å²) in [6.45, 7) is 2.95. The quantitative estimate of drug-likeness (QED) is 0.604. The maximum Gasteiger partial charge on any atom is 0.0932 e. The summed E-state index contributed by atoms with van der Waals surface area (Å²) in [5.41, 5.74) is 0. The van der Waals surface area contributed by atoms with Crippen LogP contribution in [0, 0.1) is 0 Å². The van der Waals surface area contributed by atoms with Crippen LogP contribution in [0.25, 0.3) is 0 Å². The number of nitrogens with zero attached hydrogens (tertiary/aromatic N) is 1. The summed E-state index contributed by atoms with van der Waals surface area (Å²) in [6.07, 6.45) is 2.76. The Bertz CT molecular complexity index is 136. The molecule has 0 unspecified atom stereocenters. The van der Waals surface area contributed by atoms with Gasteiger partial charge in [0.2, 0.25) is 0 Å². The molecule has 2 aliphatic rings. The second-order valence-electron chi connectivity index (χ2n) is 3.40. The number of morpholine rings is 1. The number of aliphatic hydroxyl groups is 1. The topological polar surface area (TPSA) is 32.7 Å². The van der Waals surface area contributed by atoms with Crippen molar-refractivity contribution >= 4 is 0 Å². The molecule has 1 atom stereocenters. The van der Waals surface area contributed by atoms with Gasteiger partial charge in [0.25, 0.3) is 0 Å². The zero-order valence-electron chi connectivity index (χ0n) is 6.70. The van der Waals surface area contributed by atoms with Crippen LogP contribution in [0.2, 0.25) is 0 Å². The Morgan fingerprint density at radius 2 is 2.27 bits per heavy atom. The van der Waals surface area contributed by atoms with Crippen molar-refractivity contribution in [3.05, 3.63) is 0 Å². The molecule has 1 saturated heterocycles. The van der Waals surface area contributed by atoms with E-state index in [-0.39, 0.29) is 12.7 Å². The van der Waals surface area contributed by atoms with Crippen LogP contribution in [-0.4, -0.2) is 48.5 Å². The van der Waals surface area contributed by atoms with E-state index < -0.39 is 0 Å². The van der Waals surface area contributed by atoms with Crippen LogP contribution in [0.15, 0.2) is 0 Å². The van der Waals surface area contributed by atoms with E-state index in [1.807, 2.05) is 0 Å². The summed E-state index contributed by atoms with van der Waals surface area (Å²) in [5.74, 6) is 0. The van der Waals surface area contributed by atoms with E-state index in [0.29, 0.717) is 0 Å². The maximum absolute atomic E-state index is 8.86. The minimum Gasteiger partial charge on any atom is -0.394 e. The largest absolute Gasteiger partial charge is 0.394 e. The van der Waals surface area contributed by atoms with Crippen LogP contribution in [0.1, 0.15) is 12.8 Å². The van der Waals surface area contributed by atoms with Gasteiger partial charge in [-0.3, -0.25) is 4.90 Å². The number of ether oxygens (including phenoxy) is 1. The SMILES string of the molecule is OC[C@H]1CN(C2CC2)CCO1. The Hall–Kier alpha value is -0.120. The van der Waals surface area contributed by atoms with Crippen molar-refractivity contribution < 1.29 is 9.84 Å². The third-order valence-electron chi connectivity index (χ3n) is 2.44. The molecule has 11 heavy (non-hydrogen) atoms. The van der Waals surface area contributed by atoms with E-state index in [9.17, 15) is 0 Å². The van der Waals surface area contributed by atoms with Crippen molar-refractivity contribution in [3.63, 3.8) is 0 Å². The van der Waals surface area contributed by atoms with Gasteiger partial charge >= 0.3 is 0 Å². The first kappa shape index (κ1) is 7.53. The fraction of sp³-hybridized carbons (Fsp3) is 1.00. The van der Waals surface area contributed by atoms with Gasteiger partial charge in [0, 0.05) is 19.1 Å². The third-order valence-corrected chi connectivity index (χ3v) is 2.44. The molecule has 1 saturated carbocycles. The molecule has 0 aromatic heterocycles. The molecular formula is C8H15NO2. The molecule has 0 bridgehead atoms. The van der Waals surface area contributed by atoms with E-state index in [1.165, 1.54) is 12.8 Å². The van der Waals surface area contributed by atoms with Crippen LogP contribution >= 0.6 is 0 Å². The molecule has 0 spiro atoms. The van der Waals surface area contributed by atoms with Gasteiger partial charge in [-0.2, -0.15) is 0 Å². The van der Waals surface area contributed by atoms with E-state index in [4.69, 9.17) is 9.84 Å². The Labute approximate surface area is 66.9 Å². The third kappa shape index (κ3) is 1.72. The lowest BCUT2D eigenvalue weighted by Crippen LogP contribution is -2.44. The van der Waals surface area contributed by atoms with E-state index >= 15 is 0 Å². The normalized spacial score (nSPS) is 34.1. The van der Waals surface area contributed by atoms with Gasteiger partial charge < -0.3 is 9.84 Å². The zero-order valence-corrected chi connectivity index (χ0v) is 6.70. The van der Waals surface area contributed by atoms with Crippen LogP contribution in [0.4, 0.5) is 0 Å². The predicted molar refractivity (Wildman–Crippen MR) is 41.4 cm³/mol. The summed E-state index contributed by atoms with van der Waals surface area (Å²) >= 11 is 0. The lowest BCUT2D eigenvalue weighted by molar-refractivity contribution is -0.0551. The highest BCUT2D eigenvalue weighted by molar-refractivity contribution is 4.87. The average molecular weight is 157 g/mol. The van der Waals surface area contributed by atoms with Crippen molar-refractivity contribution in [3.8, 4) is 0 Å². The average Bonchev–Trinajstić information content (AvgIpc) is 2.87. The number of rotatable bonds is 2. The first-order valence-corrected chi connectivity index (χ1v) is 4.36. The molecule has 1 heterocycles. The predicted octanol–water partition coefficient (Wildman–Crippen LogP) is -0.158. The molecule has 0 radical (unpaired) electrons. The molecule has 64 valence electrons. The van der Waals surface area contributed by atoms with Crippen LogP contribution in [-0.2, 0) is 4.74 Å². The highest BCUT2D eigenvalue weighted by Gasteiger charge is 2.32. The second-order valence-corrected chi connectivity index (χ2v) is 3.40. The lowest BCUT2D eigenvalue weighted by Gasteiger charge is -2.31. The Kier molecular flexibility index (Phi) is 2.11. The smallest absolute Gasteiger partial charge is 0.0932 e.